The number of aliphatic hydroxyl groups is 1. The number of benzene rings is 2. The summed E-state index contributed by atoms with van der Waals surface area (Å²) in [6, 6.07) is 6.47. The number of nitrogens with one attached hydrogen (secondary N) is 1. The first-order chi connectivity index (χ1) is 17.9. The Morgan fingerprint density at radius 2 is 1.61 bits per heavy atom. The van der Waals surface area contributed by atoms with Gasteiger partial charge in [-0.25, -0.2) is 4.39 Å². The van der Waals surface area contributed by atoms with E-state index in [1.54, 1.807) is 40.2 Å². The second-order valence-corrected chi connectivity index (χ2v) is 9.86. The van der Waals surface area contributed by atoms with Gasteiger partial charge in [0.1, 0.15) is 36.8 Å². The molecule has 1 aliphatic rings. The highest BCUT2D eigenvalue weighted by molar-refractivity contribution is 5.95. The van der Waals surface area contributed by atoms with Crippen LogP contribution >= 0.6 is 0 Å². The molecule has 3 aromatic rings. The number of hydrogen-bond donors (Lipinski definition) is 2. The topological polar surface area (TPSA) is 95.0 Å². The maximum Gasteiger partial charge on any atom is 0.303 e. The van der Waals surface area contributed by atoms with Gasteiger partial charge in [0.2, 0.25) is 0 Å². The van der Waals surface area contributed by atoms with E-state index in [1.165, 1.54) is 12.1 Å². The van der Waals surface area contributed by atoms with Gasteiger partial charge in [0, 0.05) is 30.6 Å². The summed E-state index contributed by atoms with van der Waals surface area (Å²) in [6.45, 7) is 5.77. The van der Waals surface area contributed by atoms with Crippen LogP contribution in [0.2, 0.25) is 0 Å². The molecule has 0 saturated carbocycles. The summed E-state index contributed by atoms with van der Waals surface area (Å²) < 4.78 is 67.8. The predicted octanol–water partition coefficient (Wildman–Crippen LogP) is 4.91. The van der Waals surface area contributed by atoms with Crippen molar-refractivity contribution in [2.75, 3.05) is 32.8 Å². The van der Waals surface area contributed by atoms with Crippen LogP contribution in [0.15, 0.2) is 30.3 Å². The molecule has 1 aromatic heterocycles. The molecule has 2 aromatic carbocycles. The lowest BCUT2D eigenvalue weighted by Gasteiger charge is -2.30. The van der Waals surface area contributed by atoms with Crippen molar-refractivity contribution in [3.63, 3.8) is 0 Å². The van der Waals surface area contributed by atoms with Gasteiger partial charge in [0.05, 0.1) is 17.3 Å². The van der Waals surface area contributed by atoms with Gasteiger partial charge in [0.25, 0.3) is 0 Å². The molecule has 2 heterocycles. The van der Waals surface area contributed by atoms with Crippen molar-refractivity contribution in [3.8, 4) is 11.5 Å². The van der Waals surface area contributed by atoms with Gasteiger partial charge in [0.15, 0.2) is 17.3 Å². The lowest BCUT2D eigenvalue weighted by atomic mass is 9.91. The average Bonchev–Trinajstić information content (AvgIpc) is 2.85. The molecule has 0 aliphatic carbocycles. The summed E-state index contributed by atoms with van der Waals surface area (Å²) in [5, 5.41) is 22.8. The molecule has 11 heteroatoms. The summed E-state index contributed by atoms with van der Waals surface area (Å²) in [5.74, 6) is -3.65. The number of hydrogen-bond acceptors (Lipinski definition) is 8. The fourth-order valence-corrected chi connectivity index (χ4v) is 4.36. The van der Waals surface area contributed by atoms with Crippen molar-refractivity contribution in [1.29, 1.82) is 0 Å². The fraction of sp³-hybridized carbons (Fsp3) is 0.481. The zero-order chi connectivity index (χ0) is 27.8. The molecule has 0 saturated heterocycles. The zero-order valence-electron chi connectivity index (χ0n) is 22.1. The largest absolute Gasteiger partial charge is 0.487 e. The van der Waals surface area contributed by atoms with E-state index < -0.39 is 28.9 Å². The van der Waals surface area contributed by atoms with E-state index >= 15 is 4.39 Å². The van der Waals surface area contributed by atoms with E-state index in [9.17, 15) is 13.9 Å². The molecule has 0 amide bonds. The van der Waals surface area contributed by atoms with E-state index in [4.69, 9.17) is 18.9 Å². The highest BCUT2D eigenvalue weighted by atomic mass is 19.3. The van der Waals surface area contributed by atoms with E-state index in [2.05, 4.69) is 15.5 Å². The number of alkyl halides is 2. The summed E-state index contributed by atoms with van der Waals surface area (Å²) in [7, 11) is 3.14. The standard InChI is InChI=1S/C27H32F3N3O5/c1-14(16-8-7-9-19(24(16)28)27(29,30)26(3,4)34)31-25-18-11-21-20(10-17(18)15(2)32-33-25)37-12-22(35-5)23(36-6)13-38-21/h7-11,14,22-23,34H,12-13H2,1-6H3,(H,31,33)/t14-,22+,23+/m1/s1. The maximum absolute atomic E-state index is 15.3. The van der Waals surface area contributed by atoms with Gasteiger partial charge in [-0.15, -0.1) is 5.10 Å². The summed E-state index contributed by atoms with van der Waals surface area (Å²) in [4.78, 5) is 0. The van der Waals surface area contributed by atoms with Gasteiger partial charge in [-0.05, 0) is 45.9 Å². The highest BCUT2D eigenvalue weighted by Crippen LogP contribution is 2.42. The SMILES string of the molecule is CO[C@H]1COc2cc3c(C)nnc(N[C@H](C)c4cccc(C(F)(F)C(C)(C)O)c4F)c3cc2OC[C@@H]1OC. The maximum atomic E-state index is 15.3. The van der Waals surface area contributed by atoms with E-state index in [-0.39, 0.29) is 31.0 Å². The second kappa shape index (κ2) is 10.5. The number of rotatable bonds is 7. The van der Waals surface area contributed by atoms with Crippen LogP contribution in [0.1, 0.15) is 43.6 Å². The Labute approximate surface area is 219 Å². The quantitative estimate of drug-likeness (QED) is 0.441. The number of fused-ring (bicyclic) bond motifs is 2. The van der Waals surface area contributed by atoms with Gasteiger partial charge in [-0.1, -0.05) is 12.1 Å². The first-order valence-corrected chi connectivity index (χ1v) is 12.2. The van der Waals surface area contributed by atoms with Crippen LogP contribution in [0.4, 0.5) is 19.0 Å². The Bertz CT molecular complexity index is 1320. The van der Waals surface area contributed by atoms with Gasteiger partial charge in [-0.3, -0.25) is 0 Å². The molecule has 2 N–H and O–H groups in total. The van der Waals surface area contributed by atoms with E-state index in [0.29, 0.717) is 28.4 Å². The minimum Gasteiger partial charge on any atom is -0.487 e. The van der Waals surface area contributed by atoms with Crippen molar-refractivity contribution in [3.05, 3.63) is 53.0 Å². The third-order valence-electron chi connectivity index (χ3n) is 6.81. The van der Waals surface area contributed by atoms with Crippen LogP contribution in [-0.4, -0.2) is 60.5 Å². The molecular formula is C27H32F3N3O5. The molecule has 206 valence electrons. The number of aromatic nitrogens is 2. The Hall–Kier alpha value is -3.15. The Morgan fingerprint density at radius 3 is 2.16 bits per heavy atom. The van der Waals surface area contributed by atoms with Crippen molar-refractivity contribution in [2.45, 2.75) is 57.5 Å². The lowest BCUT2D eigenvalue weighted by molar-refractivity contribution is -0.170. The normalized spacial score (nSPS) is 19.1. The van der Waals surface area contributed by atoms with Crippen LogP contribution < -0.4 is 14.8 Å². The van der Waals surface area contributed by atoms with Crippen molar-refractivity contribution < 1.29 is 37.2 Å². The first-order valence-electron chi connectivity index (χ1n) is 12.2. The predicted molar refractivity (Wildman–Crippen MR) is 135 cm³/mol. The molecule has 0 spiro atoms. The van der Waals surface area contributed by atoms with Crippen LogP contribution in [-0.2, 0) is 15.4 Å². The average molecular weight is 536 g/mol. The molecule has 0 bridgehead atoms. The van der Waals surface area contributed by atoms with E-state index in [0.717, 1.165) is 25.3 Å². The molecule has 0 fully saturated rings. The van der Waals surface area contributed by atoms with Crippen LogP contribution in [0.25, 0.3) is 10.8 Å². The Balaban J connectivity index is 1.71. The molecule has 3 atom stereocenters. The van der Waals surface area contributed by atoms with Crippen LogP contribution in [0.3, 0.4) is 0 Å². The molecule has 8 nitrogen and oxygen atoms in total. The zero-order valence-corrected chi connectivity index (χ0v) is 22.1. The number of methoxy groups -OCH3 is 2. The number of ether oxygens (including phenoxy) is 4. The van der Waals surface area contributed by atoms with Gasteiger partial charge >= 0.3 is 5.92 Å². The van der Waals surface area contributed by atoms with Gasteiger partial charge < -0.3 is 29.4 Å². The van der Waals surface area contributed by atoms with Crippen LogP contribution in [0.5, 0.6) is 11.5 Å². The minimum absolute atomic E-state index is 0.0127. The van der Waals surface area contributed by atoms with Crippen molar-refractivity contribution in [2.24, 2.45) is 0 Å². The van der Waals surface area contributed by atoms with Crippen LogP contribution in [0, 0.1) is 12.7 Å². The summed E-state index contributed by atoms with van der Waals surface area (Å²) >= 11 is 0. The smallest absolute Gasteiger partial charge is 0.303 e. The summed E-state index contributed by atoms with van der Waals surface area (Å²) in [6.07, 6.45) is -0.677. The highest BCUT2D eigenvalue weighted by Gasteiger charge is 2.49. The number of nitrogens with zero attached hydrogens (tertiary/aromatic N) is 2. The third-order valence-corrected chi connectivity index (χ3v) is 6.81. The molecular weight excluding hydrogens is 503 g/mol. The lowest BCUT2D eigenvalue weighted by Crippen LogP contribution is -2.41. The first kappa shape index (κ1) is 27.9. The molecule has 0 unspecified atom stereocenters. The Kier molecular flexibility index (Phi) is 7.74. The monoisotopic (exact) mass is 535 g/mol. The Morgan fingerprint density at radius 1 is 1.03 bits per heavy atom. The third kappa shape index (κ3) is 5.10. The summed E-state index contributed by atoms with van der Waals surface area (Å²) in [5.41, 5.74) is -2.72. The molecule has 0 radical (unpaired) electrons. The molecule has 38 heavy (non-hydrogen) atoms. The molecule has 4 rings (SSSR count). The number of halogens is 3. The van der Waals surface area contributed by atoms with Crippen molar-refractivity contribution >= 4 is 16.6 Å². The van der Waals surface area contributed by atoms with Gasteiger partial charge in [-0.2, -0.15) is 13.9 Å². The number of aryl methyl sites for hydroxylation is 1. The van der Waals surface area contributed by atoms with E-state index in [1.807, 2.05) is 0 Å². The van der Waals surface area contributed by atoms with Crippen molar-refractivity contribution in [1.82, 2.24) is 10.2 Å². The minimum atomic E-state index is -3.81. The number of anilines is 1. The fourth-order valence-electron chi connectivity index (χ4n) is 4.36. The molecule has 1 aliphatic heterocycles. The second-order valence-electron chi connectivity index (χ2n) is 9.86.